The number of hydrogen-bond donors (Lipinski definition) is 1. The molecule has 0 spiro atoms. The van der Waals surface area contributed by atoms with Crippen molar-refractivity contribution in [3.63, 3.8) is 0 Å². The van der Waals surface area contributed by atoms with Gasteiger partial charge in [0.1, 0.15) is 17.5 Å². The van der Waals surface area contributed by atoms with Crippen LogP contribution in [0.25, 0.3) is 0 Å². The van der Waals surface area contributed by atoms with E-state index in [9.17, 15) is 17.6 Å². The minimum Gasteiger partial charge on any atom is -0.444 e. The number of nitrogens with one attached hydrogen (secondary N) is 1. The fraction of sp³-hybridized carbons (Fsp3) is 0.500. The molecule has 8 nitrogen and oxygen atoms in total. The Morgan fingerprint density at radius 3 is 2.54 bits per heavy atom. The molecule has 0 aliphatic rings. The van der Waals surface area contributed by atoms with Gasteiger partial charge in [-0.05, 0) is 44.4 Å². The van der Waals surface area contributed by atoms with E-state index in [4.69, 9.17) is 9.15 Å². The van der Waals surface area contributed by atoms with E-state index < -0.39 is 44.4 Å². The van der Waals surface area contributed by atoms with E-state index in [0.29, 0.717) is 0 Å². The van der Waals surface area contributed by atoms with E-state index in [2.05, 4.69) is 15.5 Å². The average molecular weight is 413 g/mol. The van der Waals surface area contributed by atoms with Crippen LogP contribution in [0.4, 0.5) is 9.18 Å². The molecule has 0 saturated carbocycles. The molecule has 2 aromatic rings. The van der Waals surface area contributed by atoms with Gasteiger partial charge in [-0.3, -0.25) is 0 Å². The molecule has 1 amide bonds. The summed E-state index contributed by atoms with van der Waals surface area (Å²) in [6, 6.07) is 4.50. The summed E-state index contributed by atoms with van der Waals surface area (Å²) in [7, 11) is -3.98. The molecular weight excluding hydrogens is 389 g/mol. The van der Waals surface area contributed by atoms with Crippen LogP contribution in [0.3, 0.4) is 0 Å². The van der Waals surface area contributed by atoms with E-state index >= 15 is 0 Å². The van der Waals surface area contributed by atoms with Gasteiger partial charge in [-0.15, -0.1) is 5.10 Å². The highest BCUT2D eigenvalue weighted by molar-refractivity contribution is 7.90. The molecule has 1 N–H and O–H groups in total. The Balaban J connectivity index is 2.20. The van der Waals surface area contributed by atoms with E-state index in [1.165, 1.54) is 18.2 Å². The van der Waals surface area contributed by atoms with Crippen LogP contribution in [0, 0.1) is 11.7 Å². The van der Waals surface area contributed by atoms with Gasteiger partial charge >= 0.3 is 11.3 Å². The van der Waals surface area contributed by atoms with Crippen molar-refractivity contribution >= 4 is 15.9 Å². The molecular formula is C18H24FN3O5S. The highest BCUT2D eigenvalue weighted by Crippen LogP contribution is 2.24. The standard InChI is InChI=1S/C18H24FN3O5S/c1-11(2)14(20-16(23)27-18(3,4)5)15-21-22-17(26-15)28(24,25)10-12-7-6-8-13(19)9-12/h6-9,11,14H,10H2,1-5H3,(H,20,23). The second kappa shape index (κ2) is 8.26. The van der Waals surface area contributed by atoms with Crippen molar-refractivity contribution in [2.75, 3.05) is 0 Å². The predicted octanol–water partition coefficient (Wildman–Crippen LogP) is 3.40. The molecule has 154 valence electrons. The molecule has 0 radical (unpaired) electrons. The van der Waals surface area contributed by atoms with Gasteiger partial charge in [-0.25, -0.2) is 17.6 Å². The summed E-state index contributed by atoms with van der Waals surface area (Å²) in [6.07, 6.45) is -0.687. The van der Waals surface area contributed by atoms with Crippen molar-refractivity contribution in [2.45, 2.75) is 57.2 Å². The maximum atomic E-state index is 13.3. The van der Waals surface area contributed by atoms with E-state index in [1.807, 2.05) is 0 Å². The minimum atomic E-state index is -3.98. The molecule has 1 aromatic heterocycles. The number of aromatic nitrogens is 2. The first-order chi connectivity index (χ1) is 12.9. The van der Waals surface area contributed by atoms with Crippen molar-refractivity contribution in [1.82, 2.24) is 15.5 Å². The maximum Gasteiger partial charge on any atom is 0.408 e. The monoisotopic (exact) mass is 413 g/mol. The van der Waals surface area contributed by atoms with Gasteiger partial charge in [0.2, 0.25) is 15.7 Å². The highest BCUT2D eigenvalue weighted by atomic mass is 32.2. The first kappa shape index (κ1) is 21.8. The Morgan fingerprint density at radius 1 is 1.29 bits per heavy atom. The smallest absolute Gasteiger partial charge is 0.408 e. The molecule has 28 heavy (non-hydrogen) atoms. The van der Waals surface area contributed by atoms with Crippen molar-refractivity contribution in [3.05, 3.63) is 41.5 Å². The Bertz CT molecular complexity index is 935. The lowest BCUT2D eigenvalue weighted by Gasteiger charge is -2.23. The summed E-state index contributed by atoms with van der Waals surface area (Å²) in [6.45, 7) is 8.77. The van der Waals surface area contributed by atoms with Gasteiger partial charge in [-0.2, -0.15) is 0 Å². The van der Waals surface area contributed by atoms with Crippen LogP contribution in [-0.4, -0.2) is 30.3 Å². The molecule has 1 aromatic carbocycles. The van der Waals surface area contributed by atoms with Gasteiger partial charge in [0.05, 0.1) is 5.75 Å². The Kier molecular flexibility index (Phi) is 6.43. The Morgan fingerprint density at radius 2 is 1.96 bits per heavy atom. The summed E-state index contributed by atoms with van der Waals surface area (Å²) in [5.41, 5.74) is -0.438. The number of sulfone groups is 1. The van der Waals surface area contributed by atoms with E-state index in [1.54, 1.807) is 34.6 Å². The summed E-state index contributed by atoms with van der Waals surface area (Å²) < 4.78 is 48.8. The molecule has 2 rings (SSSR count). The molecule has 0 bridgehead atoms. The minimum absolute atomic E-state index is 0.0568. The lowest BCUT2D eigenvalue weighted by molar-refractivity contribution is 0.0477. The zero-order chi connectivity index (χ0) is 21.1. The number of amides is 1. The largest absolute Gasteiger partial charge is 0.444 e. The van der Waals surface area contributed by atoms with E-state index in [-0.39, 0.29) is 17.4 Å². The number of alkyl carbamates (subject to hydrolysis) is 1. The summed E-state index contributed by atoms with van der Waals surface area (Å²) in [4.78, 5) is 12.0. The number of nitrogens with zero attached hydrogens (tertiary/aromatic N) is 2. The molecule has 0 aliphatic heterocycles. The number of ether oxygens (including phenoxy) is 1. The van der Waals surface area contributed by atoms with Crippen LogP contribution in [0.5, 0.6) is 0 Å². The third kappa shape index (κ3) is 6.01. The van der Waals surface area contributed by atoms with Crippen LogP contribution in [0.2, 0.25) is 0 Å². The predicted molar refractivity (Wildman–Crippen MR) is 98.5 cm³/mol. The molecule has 1 unspecified atom stereocenters. The van der Waals surface area contributed by atoms with Crippen LogP contribution in [-0.2, 0) is 20.3 Å². The molecule has 10 heteroatoms. The lowest BCUT2D eigenvalue weighted by Crippen LogP contribution is -2.37. The van der Waals surface area contributed by atoms with Gasteiger partial charge in [-0.1, -0.05) is 31.1 Å². The number of benzene rings is 1. The number of carbonyl (C=O) groups is 1. The van der Waals surface area contributed by atoms with Crippen molar-refractivity contribution < 1.29 is 26.8 Å². The zero-order valence-corrected chi connectivity index (χ0v) is 17.2. The molecule has 0 fully saturated rings. The van der Waals surface area contributed by atoms with Gasteiger partial charge in [0.25, 0.3) is 0 Å². The summed E-state index contributed by atoms with van der Waals surface area (Å²) in [5.74, 6) is -1.26. The quantitative estimate of drug-likeness (QED) is 0.772. The fourth-order valence-corrected chi connectivity index (χ4v) is 3.45. The van der Waals surface area contributed by atoms with Crippen LogP contribution in [0.15, 0.2) is 33.9 Å². The van der Waals surface area contributed by atoms with Crippen LogP contribution in [0.1, 0.15) is 52.1 Å². The van der Waals surface area contributed by atoms with Crippen molar-refractivity contribution in [1.29, 1.82) is 0 Å². The molecule has 1 heterocycles. The van der Waals surface area contributed by atoms with Crippen molar-refractivity contribution in [2.24, 2.45) is 5.92 Å². The second-order valence-corrected chi connectivity index (χ2v) is 9.53. The number of carbonyl (C=O) groups excluding carboxylic acids is 1. The molecule has 0 saturated heterocycles. The second-order valence-electron chi connectivity index (χ2n) is 7.66. The Labute approximate surface area is 163 Å². The Hall–Kier alpha value is -2.49. The zero-order valence-electron chi connectivity index (χ0n) is 16.4. The van der Waals surface area contributed by atoms with Crippen molar-refractivity contribution in [3.8, 4) is 0 Å². The third-order valence-corrected chi connectivity index (χ3v) is 4.95. The third-order valence-electron chi connectivity index (χ3n) is 3.54. The van der Waals surface area contributed by atoms with Gasteiger partial charge < -0.3 is 14.5 Å². The normalized spacial score (nSPS) is 13.4. The maximum absolute atomic E-state index is 13.3. The molecule has 0 aliphatic carbocycles. The molecule has 1 atom stereocenters. The van der Waals surface area contributed by atoms with E-state index in [0.717, 1.165) is 6.07 Å². The topological polar surface area (TPSA) is 111 Å². The van der Waals surface area contributed by atoms with Gasteiger partial charge in [0.15, 0.2) is 0 Å². The number of rotatable bonds is 6. The first-order valence-corrected chi connectivity index (χ1v) is 10.3. The number of hydrogen-bond acceptors (Lipinski definition) is 7. The summed E-state index contributed by atoms with van der Waals surface area (Å²) in [5, 5.41) is 9.39. The fourth-order valence-electron chi connectivity index (χ4n) is 2.33. The van der Waals surface area contributed by atoms with Gasteiger partial charge in [0, 0.05) is 0 Å². The highest BCUT2D eigenvalue weighted by Gasteiger charge is 2.30. The average Bonchev–Trinajstić information content (AvgIpc) is 3.00. The van der Waals surface area contributed by atoms with Crippen LogP contribution < -0.4 is 5.32 Å². The lowest BCUT2D eigenvalue weighted by atomic mass is 10.1. The number of halogens is 1. The first-order valence-electron chi connectivity index (χ1n) is 8.67. The van der Waals surface area contributed by atoms with Crippen LogP contribution >= 0.6 is 0 Å². The SMILES string of the molecule is CC(C)C(NC(=O)OC(C)(C)C)c1nnc(S(=O)(=O)Cc2cccc(F)c2)o1. The summed E-state index contributed by atoms with van der Waals surface area (Å²) >= 11 is 0.